The summed E-state index contributed by atoms with van der Waals surface area (Å²) in [5.74, 6) is 0. The number of hydrogen-bond donors (Lipinski definition) is 13. The Labute approximate surface area is 155 Å². The van der Waals surface area contributed by atoms with Crippen molar-refractivity contribution in [2.45, 2.75) is 0 Å². The average Bonchev–Trinajstić information content (AvgIpc) is 2.59. The molecule has 0 spiro atoms. The van der Waals surface area contributed by atoms with E-state index in [1.807, 2.05) is 0 Å². The van der Waals surface area contributed by atoms with Gasteiger partial charge in [0, 0.05) is 0 Å². The lowest BCUT2D eigenvalue weighted by Crippen LogP contribution is -2.37. The highest BCUT2D eigenvalue weighted by atomic mass is 31.2. The zero-order chi connectivity index (χ0) is 22.7. The lowest BCUT2D eigenvalue weighted by Gasteiger charge is -2.23. The Morgan fingerprint density at radius 1 is 0.556 bits per heavy atom. The largest absolute Gasteiger partial charge is 0.466 e. The van der Waals surface area contributed by atoms with Crippen LogP contribution in [0.5, 0.6) is 0 Å². The quantitative estimate of drug-likeness (QED) is 0.153. The van der Waals surface area contributed by atoms with Crippen LogP contribution in [0.25, 0.3) is 0 Å². The van der Waals surface area contributed by atoms with Crippen molar-refractivity contribution in [2.75, 3.05) is 52.9 Å². The van der Waals surface area contributed by atoms with E-state index in [2.05, 4.69) is 0 Å². The number of rotatable bonds is 8. The van der Waals surface area contributed by atoms with Gasteiger partial charge in [-0.3, -0.25) is 4.57 Å². The zero-order valence-corrected chi connectivity index (χ0v) is 16.1. The van der Waals surface area contributed by atoms with Crippen LogP contribution < -0.4 is 0 Å². The first-order chi connectivity index (χ1) is 12.2. The Balaban J connectivity index is -0.000000138. The standard InChI is InChI=1S/2C5H12O4.H3O4P.H3O3P/c2*6-1-5(2-7,3-8)4-9;1-5(2,3)4;1-4(2)3/h2*6-9H,1-4H2;(H3,1,2,3,4);4H,(H2,1,2,3). The van der Waals surface area contributed by atoms with Gasteiger partial charge in [0.05, 0.1) is 63.7 Å². The van der Waals surface area contributed by atoms with Crippen LogP contribution in [0.1, 0.15) is 0 Å². The summed E-state index contributed by atoms with van der Waals surface area (Å²) in [6.07, 6.45) is 0. The Kier molecular flexibility index (Phi) is 24.6. The van der Waals surface area contributed by atoms with E-state index < -0.39 is 79.8 Å². The second kappa shape index (κ2) is 19.3. The van der Waals surface area contributed by atoms with Crippen LogP contribution in [0, 0.1) is 10.8 Å². The number of phosphoric acid groups is 1. The molecule has 0 heterocycles. The van der Waals surface area contributed by atoms with Gasteiger partial charge in [-0.25, -0.2) is 4.57 Å². The summed E-state index contributed by atoms with van der Waals surface area (Å²) < 4.78 is 17.6. The Morgan fingerprint density at radius 3 is 0.630 bits per heavy atom. The summed E-state index contributed by atoms with van der Waals surface area (Å²) in [7, 11) is -7.77. The lowest BCUT2D eigenvalue weighted by atomic mass is 9.93. The molecule has 170 valence electrons. The maximum atomic E-state index is 8.88. The highest BCUT2D eigenvalue weighted by molar-refractivity contribution is 7.45. The predicted octanol–water partition coefficient (Wildman–Crippen LogP) is -5.68. The van der Waals surface area contributed by atoms with Gasteiger partial charge in [0.25, 0.3) is 0 Å². The molecule has 0 amide bonds. The first kappa shape index (κ1) is 34.4. The molecule has 0 unspecified atom stereocenters. The van der Waals surface area contributed by atoms with E-state index in [4.69, 9.17) is 74.4 Å². The summed E-state index contributed by atoms with van der Waals surface area (Å²) in [6.45, 7) is -3.25. The minimum atomic E-state index is -4.64. The van der Waals surface area contributed by atoms with Crippen LogP contribution >= 0.6 is 16.1 Å². The summed E-state index contributed by atoms with van der Waals surface area (Å²) in [5.41, 5.74) is -2.22. The molecule has 0 saturated heterocycles. The van der Waals surface area contributed by atoms with Gasteiger partial charge in [-0.05, 0) is 0 Å². The van der Waals surface area contributed by atoms with E-state index in [1.165, 1.54) is 0 Å². The molecule has 0 saturated carbocycles. The molecule has 0 atom stereocenters. The third-order valence-corrected chi connectivity index (χ3v) is 2.68. The van der Waals surface area contributed by atoms with E-state index in [0.717, 1.165) is 0 Å². The van der Waals surface area contributed by atoms with Crippen molar-refractivity contribution in [3.05, 3.63) is 0 Å². The van der Waals surface area contributed by atoms with Gasteiger partial charge in [-0.1, -0.05) is 0 Å². The molecule has 0 rings (SSSR count). The van der Waals surface area contributed by atoms with Gasteiger partial charge < -0.3 is 65.3 Å². The molecule has 0 aromatic carbocycles. The van der Waals surface area contributed by atoms with Crippen molar-refractivity contribution in [1.29, 1.82) is 0 Å². The molecule has 0 bridgehead atoms. The predicted molar refractivity (Wildman–Crippen MR) is 89.3 cm³/mol. The zero-order valence-electron chi connectivity index (χ0n) is 14.2. The fraction of sp³-hybridized carbons (Fsp3) is 1.00. The highest BCUT2D eigenvalue weighted by Crippen LogP contribution is 2.25. The first-order valence-electron chi connectivity index (χ1n) is 6.79. The van der Waals surface area contributed by atoms with Crippen LogP contribution in [-0.2, 0) is 9.13 Å². The van der Waals surface area contributed by atoms with Crippen LogP contribution in [0.3, 0.4) is 0 Å². The van der Waals surface area contributed by atoms with Crippen molar-refractivity contribution in [3.8, 4) is 0 Å². The third-order valence-electron chi connectivity index (χ3n) is 2.68. The fourth-order valence-corrected chi connectivity index (χ4v) is 0.600. The van der Waals surface area contributed by atoms with Gasteiger partial charge in [0.15, 0.2) is 0 Å². The van der Waals surface area contributed by atoms with E-state index in [9.17, 15) is 0 Å². The van der Waals surface area contributed by atoms with Crippen LogP contribution in [0.15, 0.2) is 0 Å². The topological polar surface area (TPSA) is 297 Å². The molecular formula is C10H30O15P2. The minimum absolute atomic E-state index is 0.406. The Hall–Kier alpha value is -0.0600. The monoisotopic (exact) mass is 452 g/mol. The van der Waals surface area contributed by atoms with Gasteiger partial charge >= 0.3 is 16.1 Å². The van der Waals surface area contributed by atoms with Crippen molar-refractivity contribution in [3.63, 3.8) is 0 Å². The van der Waals surface area contributed by atoms with E-state index in [1.54, 1.807) is 0 Å². The fourth-order valence-electron chi connectivity index (χ4n) is 0.600. The van der Waals surface area contributed by atoms with E-state index in [0.29, 0.717) is 0 Å². The molecule has 0 aliphatic carbocycles. The molecule has 27 heavy (non-hydrogen) atoms. The number of aliphatic hydroxyl groups is 8. The van der Waals surface area contributed by atoms with Gasteiger partial charge in [0.2, 0.25) is 0 Å². The van der Waals surface area contributed by atoms with Crippen LogP contribution in [0.4, 0.5) is 0 Å². The second-order valence-electron chi connectivity index (χ2n) is 5.06. The third kappa shape index (κ3) is 25.9. The number of hydrogen-bond acceptors (Lipinski definition) is 10. The maximum Gasteiger partial charge on any atom is 0.466 e. The molecule has 0 aliphatic heterocycles. The SMILES string of the molecule is O=P(O)(O)O.O=[PH](O)O.OCC(CO)(CO)CO.OCC(CO)(CO)CO. The van der Waals surface area contributed by atoms with E-state index >= 15 is 0 Å². The van der Waals surface area contributed by atoms with Crippen LogP contribution in [-0.4, -0.2) is 118 Å². The molecule has 0 aliphatic rings. The molecule has 0 aromatic rings. The van der Waals surface area contributed by atoms with Gasteiger partial charge in [-0.2, -0.15) is 0 Å². The van der Waals surface area contributed by atoms with Crippen LogP contribution in [0.2, 0.25) is 0 Å². The van der Waals surface area contributed by atoms with Gasteiger partial charge in [0.1, 0.15) is 0 Å². The maximum absolute atomic E-state index is 8.88. The molecule has 13 N–H and O–H groups in total. The first-order valence-corrected chi connectivity index (χ1v) is 9.66. The van der Waals surface area contributed by atoms with E-state index in [-0.39, 0.29) is 0 Å². The van der Waals surface area contributed by atoms with Crippen molar-refractivity contribution in [2.24, 2.45) is 10.8 Å². The molecule has 0 aromatic heterocycles. The molecule has 17 heteroatoms. The van der Waals surface area contributed by atoms with Crippen molar-refractivity contribution in [1.82, 2.24) is 0 Å². The molecule has 0 fully saturated rings. The highest BCUT2D eigenvalue weighted by Gasteiger charge is 2.27. The second-order valence-corrected chi connectivity index (χ2v) is 6.65. The summed E-state index contributed by atoms with van der Waals surface area (Å²) in [5, 5.41) is 68.0. The molecular weight excluding hydrogens is 422 g/mol. The Bertz CT molecular complexity index is 312. The summed E-state index contributed by atoms with van der Waals surface area (Å²) in [4.78, 5) is 35.9. The Morgan fingerprint density at radius 2 is 0.630 bits per heavy atom. The van der Waals surface area contributed by atoms with Crippen molar-refractivity contribution < 1.29 is 74.4 Å². The normalized spacial score (nSPS) is 11.5. The average molecular weight is 452 g/mol. The smallest absolute Gasteiger partial charge is 0.396 e. The summed E-state index contributed by atoms with van der Waals surface area (Å²) >= 11 is 0. The molecule has 0 radical (unpaired) electrons. The lowest BCUT2D eigenvalue weighted by molar-refractivity contribution is -0.0332. The number of aliphatic hydroxyl groups excluding tert-OH is 8. The molecule has 15 nitrogen and oxygen atoms in total. The van der Waals surface area contributed by atoms with Crippen molar-refractivity contribution >= 4 is 16.1 Å². The van der Waals surface area contributed by atoms with Gasteiger partial charge in [-0.15, -0.1) is 0 Å². The summed E-state index contributed by atoms with van der Waals surface area (Å²) in [6, 6.07) is 0. The minimum Gasteiger partial charge on any atom is -0.396 e.